The van der Waals surface area contributed by atoms with E-state index in [0.29, 0.717) is 56.7 Å². The van der Waals surface area contributed by atoms with Gasteiger partial charge in [0.1, 0.15) is 13.2 Å². The molecular weight excluding hydrogens is 482 g/mol. The minimum absolute atomic E-state index is 0.0105. The molecular formula is C22H29N3O7S2. The van der Waals surface area contributed by atoms with Crippen molar-refractivity contribution in [1.82, 2.24) is 4.31 Å². The van der Waals surface area contributed by atoms with Gasteiger partial charge in [-0.3, -0.25) is 4.72 Å². The summed E-state index contributed by atoms with van der Waals surface area (Å²) >= 11 is 0. The molecule has 0 unspecified atom stereocenters. The van der Waals surface area contributed by atoms with Gasteiger partial charge in [-0.05, 0) is 44.2 Å². The Labute approximate surface area is 200 Å². The number of hydrogen-bond donors (Lipinski definition) is 1. The minimum atomic E-state index is -4.05. The largest absolute Gasteiger partial charge is 0.486 e. The first-order chi connectivity index (χ1) is 16.3. The summed E-state index contributed by atoms with van der Waals surface area (Å²) in [5.41, 5.74) is 0.778. The highest BCUT2D eigenvalue weighted by Gasteiger charge is 2.28. The van der Waals surface area contributed by atoms with Gasteiger partial charge < -0.3 is 19.1 Å². The molecule has 1 saturated heterocycles. The summed E-state index contributed by atoms with van der Waals surface area (Å²) in [6, 6.07) is 8.92. The smallest absolute Gasteiger partial charge is 0.262 e. The molecule has 1 fully saturated rings. The molecule has 0 spiro atoms. The quantitative estimate of drug-likeness (QED) is 0.573. The van der Waals surface area contributed by atoms with Crippen LogP contribution in [-0.2, 0) is 24.8 Å². The summed E-state index contributed by atoms with van der Waals surface area (Å²) in [5, 5.41) is 0. The van der Waals surface area contributed by atoms with E-state index in [4.69, 9.17) is 14.2 Å². The molecule has 2 aliphatic rings. The number of nitrogens with zero attached hydrogens (tertiary/aromatic N) is 2. The lowest BCUT2D eigenvalue weighted by molar-refractivity contribution is 0.0730. The first-order valence-electron chi connectivity index (χ1n) is 11.2. The number of fused-ring (bicyclic) bond motifs is 1. The Bertz CT molecular complexity index is 1240. The zero-order valence-corrected chi connectivity index (χ0v) is 20.8. The first kappa shape index (κ1) is 24.6. The van der Waals surface area contributed by atoms with Crippen LogP contribution in [0.3, 0.4) is 0 Å². The van der Waals surface area contributed by atoms with E-state index in [2.05, 4.69) is 4.72 Å². The van der Waals surface area contributed by atoms with E-state index < -0.39 is 20.0 Å². The van der Waals surface area contributed by atoms with E-state index >= 15 is 0 Å². The lowest BCUT2D eigenvalue weighted by Gasteiger charge is -2.28. The lowest BCUT2D eigenvalue weighted by Crippen LogP contribution is -2.40. The van der Waals surface area contributed by atoms with Gasteiger partial charge in [0.25, 0.3) is 10.0 Å². The van der Waals surface area contributed by atoms with Crippen molar-refractivity contribution in [2.75, 3.05) is 62.2 Å². The van der Waals surface area contributed by atoms with Crippen molar-refractivity contribution in [2.45, 2.75) is 23.6 Å². The number of ether oxygens (including phenoxy) is 3. The van der Waals surface area contributed by atoms with Crippen LogP contribution in [0.2, 0.25) is 0 Å². The predicted molar refractivity (Wildman–Crippen MR) is 128 cm³/mol. The van der Waals surface area contributed by atoms with Crippen LogP contribution in [0.15, 0.2) is 46.2 Å². The van der Waals surface area contributed by atoms with Crippen LogP contribution in [0, 0.1) is 0 Å². The van der Waals surface area contributed by atoms with Crippen LogP contribution in [0.5, 0.6) is 11.5 Å². The van der Waals surface area contributed by atoms with Crippen LogP contribution >= 0.6 is 0 Å². The van der Waals surface area contributed by atoms with Gasteiger partial charge in [0.2, 0.25) is 10.0 Å². The van der Waals surface area contributed by atoms with Gasteiger partial charge in [-0.2, -0.15) is 4.31 Å². The Kier molecular flexibility index (Phi) is 7.22. The summed E-state index contributed by atoms with van der Waals surface area (Å²) in [6.07, 6.45) is 0. The number of nitrogens with one attached hydrogen (secondary N) is 1. The lowest BCUT2D eigenvalue weighted by atomic mass is 10.2. The Morgan fingerprint density at radius 2 is 1.50 bits per heavy atom. The van der Waals surface area contributed by atoms with Gasteiger partial charge in [0.15, 0.2) is 11.5 Å². The third-order valence-electron chi connectivity index (χ3n) is 5.75. The number of anilines is 2. The summed E-state index contributed by atoms with van der Waals surface area (Å²) < 4.78 is 73.2. The van der Waals surface area contributed by atoms with E-state index in [0.717, 1.165) is 0 Å². The molecule has 0 aromatic heterocycles. The van der Waals surface area contributed by atoms with Crippen LogP contribution in [0.25, 0.3) is 0 Å². The first-order valence-corrected chi connectivity index (χ1v) is 14.1. The molecule has 0 aliphatic carbocycles. The predicted octanol–water partition coefficient (Wildman–Crippen LogP) is 2.13. The molecule has 12 heteroatoms. The number of sulfonamides is 2. The minimum Gasteiger partial charge on any atom is -0.486 e. The zero-order chi connectivity index (χ0) is 24.3. The van der Waals surface area contributed by atoms with Crippen molar-refractivity contribution in [2.24, 2.45) is 0 Å². The maximum Gasteiger partial charge on any atom is 0.262 e. The molecule has 0 amide bonds. The molecule has 4 rings (SSSR count). The van der Waals surface area contributed by atoms with Crippen LogP contribution in [0.4, 0.5) is 11.4 Å². The van der Waals surface area contributed by atoms with Crippen molar-refractivity contribution in [3.8, 4) is 11.5 Å². The SMILES string of the molecule is CCN(CC)c1ccc(S(=O)(=O)N2CCOCC2)cc1NS(=O)(=O)c1ccc2c(c1)OCCO2. The Hall–Kier alpha value is -2.54. The second kappa shape index (κ2) is 9.98. The maximum absolute atomic E-state index is 13.3. The second-order valence-corrected chi connectivity index (χ2v) is 11.4. The molecule has 2 heterocycles. The summed E-state index contributed by atoms with van der Waals surface area (Å²) in [5.74, 6) is 0.828. The second-order valence-electron chi connectivity index (χ2n) is 7.78. The van der Waals surface area contributed by atoms with Crippen molar-refractivity contribution >= 4 is 31.4 Å². The monoisotopic (exact) mass is 511 g/mol. The van der Waals surface area contributed by atoms with E-state index in [1.54, 1.807) is 12.1 Å². The average Bonchev–Trinajstić information content (AvgIpc) is 2.85. The molecule has 1 N–H and O–H groups in total. The Morgan fingerprint density at radius 3 is 2.18 bits per heavy atom. The highest BCUT2D eigenvalue weighted by atomic mass is 32.2. The zero-order valence-electron chi connectivity index (χ0n) is 19.2. The summed E-state index contributed by atoms with van der Waals surface area (Å²) in [6.45, 7) is 6.99. The van der Waals surface area contributed by atoms with E-state index in [1.807, 2.05) is 18.7 Å². The van der Waals surface area contributed by atoms with Crippen LogP contribution in [-0.4, -0.2) is 73.7 Å². The fourth-order valence-corrected chi connectivity index (χ4v) is 6.44. The standard InChI is InChI=1S/C22H29N3O7S2/c1-3-24(4-2)20-7-5-18(34(28,29)25-9-11-30-12-10-25)15-19(20)23-33(26,27)17-6-8-21-22(16-17)32-14-13-31-21/h5-8,15-16,23H,3-4,9-14H2,1-2H3. The van der Waals surface area contributed by atoms with Gasteiger partial charge in [-0.15, -0.1) is 0 Å². The van der Waals surface area contributed by atoms with Crippen LogP contribution in [0.1, 0.15) is 13.8 Å². The molecule has 0 atom stereocenters. The molecule has 186 valence electrons. The van der Waals surface area contributed by atoms with Gasteiger partial charge in [-0.1, -0.05) is 0 Å². The van der Waals surface area contributed by atoms with Gasteiger partial charge in [0, 0.05) is 32.2 Å². The fraction of sp³-hybridized carbons (Fsp3) is 0.455. The molecule has 2 aliphatic heterocycles. The highest BCUT2D eigenvalue weighted by Crippen LogP contribution is 2.35. The van der Waals surface area contributed by atoms with Crippen molar-refractivity contribution in [3.05, 3.63) is 36.4 Å². The van der Waals surface area contributed by atoms with Crippen molar-refractivity contribution < 1.29 is 31.0 Å². The highest BCUT2D eigenvalue weighted by molar-refractivity contribution is 7.92. The molecule has 0 saturated carbocycles. The molecule has 2 aromatic carbocycles. The van der Waals surface area contributed by atoms with Crippen molar-refractivity contribution in [1.29, 1.82) is 0 Å². The van der Waals surface area contributed by atoms with Crippen molar-refractivity contribution in [3.63, 3.8) is 0 Å². The topological polar surface area (TPSA) is 114 Å². The van der Waals surface area contributed by atoms with Gasteiger partial charge >= 0.3 is 0 Å². The number of benzene rings is 2. The van der Waals surface area contributed by atoms with Gasteiger partial charge in [0.05, 0.1) is 34.4 Å². The third kappa shape index (κ3) is 4.95. The van der Waals surface area contributed by atoms with E-state index in [9.17, 15) is 16.8 Å². The normalized spacial score (nSPS) is 16.8. The number of rotatable bonds is 8. The maximum atomic E-state index is 13.3. The molecule has 0 radical (unpaired) electrons. The van der Waals surface area contributed by atoms with Crippen LogP contribution < -0.4 is 19.1 Å². The van der Waals surface area contributed by atoms with Gasteiger partial charge in [-0.25, -0.2) is 16.8 Å². The molecule has 2 aromatic rings. The summed E-state index contributed by atoms with van der Waals surface area (Å²) in [4.78, 5) is 1.96. The average molecular weight is 512 g/mol. The molecule has 34 heavy (non-hydrogen) atoms. The Balaban J connectivity index is 1.73. The number of hydrogen-bond acceptors (Lipinski definition) is 8. The van der Waals surface area contributed by atoms with E-state index in [-0.39, 0.29) is 28.6 Å². The summed E-state index contributed by atoms with van der Waals surface area (Å²) in [7, 11) is -7.86. The fourth-order valence-electron chi connectivity index (χ4n) is 3.93. The molecule has 10 nitrogen and oxygen atoms in total. The Morgan fingerprint density at radius 1 is 0.853 bits per heavy atom. The number of morpholine rings is 1. The van der Waals surface area contributed by atoms with E-state index in [1.165, 1.54) is 28.6 Å². The molecule has 0 bridgehead atoms. The third-order valence-corrected chi connectivity index (χ3v) is 9.01.